The monoisotopic (exact) mass is 306 g/mol. The molecule has 6 heteroatoms. The number of aliphatic hydroxyl groups excluding tert-OH is 1. The van der Waals surface area contributed by atoms with E-state index in [1.54, 1.807) is 0 Å². The number of rotatable bonds is 2. The van der Waals surface area contributed by atoms with E-state index in [1.807, 2.05) is 0 Å². The van der Waals surface area contributed by atoms with Gasteiger partial charge in [0.05, 0.1) is 10.0 Å². The molecule has 0 saturated carbocycles. The molecule has 100 valence electrons. The van der Waals surface area contributed by atoms with Gasteiger partial charge in [0.2, 0.25) is 0 Å². The number of halogens is 5. The average Bonchev–Trinajstić information content (AvgIpc) is 2.39. The predicted octanol–water partition coefficient (Wildman–Crippen LogP) is 4.49. The molecule has 0 spiro atoms. The van der Waals surface area contributed by atoms with Gasteiger partial charge in [-0.25, -0.2) is 13.2 Å². The maximum Gasteiger partial charge on any atom is 0.194 e. The van der Waals surface area contributed by atoms with Gasteiger partial charge < -0.3 is 5.11 Å². The summed E-state index contributed by atoms with van der Waals surface area (Å²) in [6.07, 6.45) is -1.47. The lowest BCUT2D eigenvalue weighted by Crippen LogP contribution is -2.05. The Bertz CT molecular complexity index is 632. The van der Waals surface area contributed by atoms with Gasteiger partial charge in [0.1, 0.15) is 6.10 Å². The van der Waals surface area contributed by atoms with Crippen molar-refractivity contribution in [3.8, 4) is 0 Å². The van der Waals surface area contributed by atoms with Crippen LogP contribution in [0, 0.1) is 17.5 Å². The van der Waals surface area contributed by atoms with Gasteiger partial charge >= 0.3 is 0 Å². The van der Waals surface area contributed by atoms with E-state index in [0.29, 0.717) is 0 Å². The van der Waals surface area contributed by atoms with Crippen LogP contribution in [0.5, 0.6) is 0 Å². The average molecular weight is 307 g/mol. The number of hydrogen-bond donors (Lipinski definition) is 1. The van der Waals surface area contributed by atoms with Crippen molar-refractivity contribution >= 4 is 23.2 Å². The topological polar surface area (TPSA) is 20.2 Å². The highest BCUT2D eigenvalue weighted by molar-refractivity contribution is 6.42. The van der Waals surface area contributed by atoms with E-state index in [-0.39, 0.29) is 21.2 Å². The van der Waals surface area contributed by atoms with Gasteiger partial charge in [-0.15, -0.1) is 0 Å². The third kappa shape index (κ3) is 2.71. The Balaban J connectivity index is 2.47. The summed E-state index contributed by atoms with van der Waals surface area (Å²) in [5, 5.41) is 10.4. The standard InChI is InChI=1S/C13H7Cl2F3O/c14-8-3-1-6(5-9(8)15)13(19)7-2-4-10(16)12(18)11(7)17/h1-5,13,19H. The Morgan fingerprint density at radius 1 is 0.895 bits per heavy atom. The summed E-state index contributed by atoms with van der Waals surface area (Å²) in [4.78, 5) is 0. The Morgan fingerprint density at radius 3 is 2.21 bits per heavy atom. The molecule has 19 heavy (non-hydrogen) atoms. The molecule has 2 rings (SSSR count). The SMILES string of the molecule is OC(c1ccc(Cl)c(Cl)c1)c1ccc(F)c(F)c1F. The zero-order valence-corrected chi connectivity index (χ0v) is 10.8. The van der Waals surface area contributed by atoms with Gasteiger partial charge in [-0.05, 0) is 23.8 Å². The molecule has 2 aromatic carbocycles. The van der Waals surface area contributed by atoms with Crippen LogP contribution in [-0.2, 0) is 0 Å². The lowest BCUT2D eigenvalue weighted by Gasteiger charge is -2.13. The maximum atomic E-state index is 13.5. The van der Waals surface area contributed by atoms with Crippen molar-refractivity contribution in [3.05, 3.63) is 69.0 Å². The number of benzene rings is 2. The molecule has 2 aromatic rings. The first-order valence-corrected chi connectivity index (χ1v) is 5.94. The number of aliphatic hydroxyl groups is 1. The minimum atomic E-state index is -1.63. The van der Waals surface area contributed by atoms with Crippen LogP contribution in [-0.4, -0.2) is 5.11 Å². The molecule has 0 aromatic heterocycles. The second kappa shape index (κ2) is 5.41. The lowest BCUT2D eigenvalue weighted by molar-refractivity contribution is 0.212. The molecular weight excluding hydrogens is 300 g/mol. The van der Waals surface area contributed by atoms with E-state index >= 15 is 0 Å². The first-order chi connectivity index (χ1) is 8.91. The van der Waals surface area contributed by atoms with Crippen LogP contribution in [0.3, 0.4) is 0 Å². The Morgan fingerprint density at radius 2 is 1.58 bits per heavy atom. The largest absolute Gasteiger partial charge is 0.384 e. The molecular formula is C13H7Cl2F3O. The third-order valence-electron chi connectivity index (χ3n) is 2.62. The summed E-state index contributed by atoms with van der Waals surface area (Å²) < 4.78 is 39.5. The van der Waals surface area contributed by atoms with Crippen LogP contribution in [0.4, 0.5) is 13.2 Å². The van der Waals surface area contributed by atoms with Crippen molar-refractivity contribution < 1.29 is 18.3 Å². The highest BCUT2D eigenvalue weighted by atomic mass is 35.5. The van der Waals surface area contributed by atoms with E-state index in [4.69, 9.17) is 23.2 Å². The fourth-order valence-corrected chi connectivity index (χ4v) is 1.92. The zero-order chi connectivity index (χ0) is 14.2. The quantitative estimate of drug-likeness (QED) is 0.810. The van der Waals surface area contributed by atoms with Crippen molar-refractivity contribution in [3.63, 3.8) is 0 Å². The highest BCUT2D eigenvalue weighted by Crippen LogP contribution is 2.30. The highest BCUT2D eigenvalue weighted by Gasteiger charge is 2.20. The fourth-order valence-electron chi connectivity index (χ4n) is 1.61. The molecule has 0 aliphatic heterocycles. The van der Waals surface area contributed by atoms with Crippen molar-refractivity contribution in [2.24, 2.45) is 0 Å². The van der Waals surface area contributed by atoms with Crippen molar-refractivity contribution in [2.75, 3.05) is 0 Å². The molecule has 0 fully saturated rings. The van der Waals surface area contributed by atoms with Gasteiger partial charge in [-0.2, -0.15) is 0 Å². The van der Waals surface area contributed by atoms with Crippen LogP contribution in [0.1, 0.15) is 17.2 Å². The minimum absolute atomic E-state index is 0.168. The molecule has 0 bridgehead atoms. The van der Waals surface area contributed by atoms with E-state index in [2.05, 4.69) is 0 Å². The Labute approximate surface area is 117 Å². The molecule has 1 N–H and O–H groups in total. The fraction of sp³-hybridized carbons (Fsp3) is 0.0769. The van der Waals surface area contributed by atoms with Crippen molar-refractivity contribution in [1.29, 1.82) is 0 Å². The Kier molecular flexibility index (Phi) is 4.04. The summed E-state index contributed by atoms with van der Waals surface area (Å²) in [7, 11) is 0. The molecule has 1 unspecified atom stereocenters. The van der Waals surface area contributed by atoms with Crippen LogP contribution < -0.4 is 0 Å². The van der Waals surface area contributed by atoms with Gasteiger partial charge in [0.25, 0.3) is 0 Å². The van der Waals surface area contributed by atoms with E-state index < -0.39 is 23.6 Å². The van der Waals surface area contributed by atoms with Gasteiger partial charge in [0, 0.05) is 5.56 Å². The molecule has 0 aliphatic rings. The molecule has 0 saturated heterocycles. The first kappa shape index (κ1) is 14.2. The molecule has 1 atom stereocenters. The molecule has 0 radical (unpaired) electrons. The minimum Gasteiger partial charge on any atom is -0.384 e. The normalized spacial score (nSPS) is 12.5. The summed E-state index contributed by atoms with van der Waals surface area (Å²) in [5.41, 5.74) is -0.156. The van der Waals surface area contributed by atoms with Gasteiger partial charge in [-0.3, -0.25) is 0 Å². The van der Waals surface area contributed by atoms with Crippen LogP contribution in [0.25, 0.3) is 0 Å². The van der Waals surface area contributed by atoms with Crippen molar-refractivity contribution in [1.82, 2.24) is 0 Å². The molecule has 0 amide bonds. The van der Waals surface area contributed by atoms with Crippen molar-refractivity contribution in [2.45, 2.75) is 6.10 Å². The van der Waals surface area contributed by atoms with Gasteiger partial charge in [-0.1, -0.05) is 35.3 Å². The number of hydrogen-bond acceptors (Lipinski definition) is 1. The van der Waals surface area contributed by atoms with E-state index in [1.165, 1.54) is 18.2 Å². The third-order valence-corrected chi connectivity index (χ3v) is 3.36. The summed E-state index contributed by atoms with van der Waals surface area (Å²) in [5.74, 6) is -4.38. The molecule has 1 nitrogen and oxygen atoms in total. The second-order valence-corrected chi connectivity index (χ2v) is 4.66. The molecule has 0 heterocycles. The van der Waals surface area contributed by atoms with E-state index in [0.717, 1.165) is 12.1 Å². The maximum absolute atomic E-state index is 13.5. The summed E-state index contributed by atoms with van der Waals surface area (Å²) in [6, 6.07) is 5.88. The predicted molar refractivity (Wildman–Crippen MR) is 66.8 cm³/mol. The van der Waals surface area contributed by atoms with Crippen LogP contribution in [0.2, 0.25) is 10.0 Å². The summed E-state index contributed by atoms with van der Waals surface area (Å²) >= 11 is 11.5. The van der Waals surface area contributed by atoms with E-state index in [9.17, 15) is 18.3 Å². The second-order valence-electron chi connectivity index (χ2n) is 3.84. The van der Waals surface area contributed by atoms with Gasteiger partial charge in [0.15, 0.2) is 17.5 Å². The Hall–Kier alpha value is -1.23. The molecule has 0 aliphatic carbocycles. The smallest absolute Gasteiger partial charge is 0.194 e. The van der Waals surface area contributed by atoms with Crippen LogP contribution >= 0.6 is 23.2 Å². The lowest BCUT2D eigenvalue weighted by atomic mass is 10.0. The van der Waals surface area contributed by atoms with Crippen LogP contribution in [0.15, 0.2) is 30.3 Å². The summed E-state index contributed by atoms with van der Waals surface area (Å²) in [6.45, 7) is 0. The zero-order valence-electron chi connectivity index (χ0n) is 9.30. The first-order valence-electron chi connectivity index (χ1n) is 5.18.